The Bertz CT molecular complexity index is 245. The van der Waals surface area contributed by atoms with Gasteiger partial charge in [0, 0.05) is 5.57 Å². The molecule has 0 aromatic rings. The first-order valence-electron chi connectivity index (χ1n) is 5.90. The third-order valence-electron chi connectivity index (χ3n) is 3.44. The van der Waals surface area contributed by atoms with Gasteiger partial charge in [0.15, 0.2) is 0 Å². The molecule has 0 aromatic carbocycles. The van der Waals surface area contributed by atoms with Crippen LogP contribution in [0.2, 0.25) is 0 Å². The second-order valence-corrected chi connectivity index (χ2v) is 4.73. The lowest BCUT2D eigenvalue weighted by Gasteiger charge is -2.33. The lowest BCUT2D eigenvalue weighted by atomic mass is 9.80. The SMILES string of the molecule is C/C=C(\C)C(=O)O[C@H]1[C@H](C)CCC[C@@H]1C. The van der Waals surface area contributed by atoms with Gasteiger partial charge in [-0.1, -0.05) is 26.3 Å². The molecule has 15 heavy (non-hydrogen) atoms. The zero-order chi connectivity index (χ0) is 11.4. The van der Waals surface area contributed by atoms with Gasteiger partial charge in [-0.2, -0.15) is 0 Å². The van der Waals surface area contributed by atoms with Gasteiger partial charge in [0.05, 0.1) is 0 Å². The van der Waals surface area contributed by atoms with E-state index in [4.69, 9.17) is 4.74 Å². The molecule has 1 aliphatic rings. The van der Waals surface area contributed by atoms with Gasteiger partial charge < -0.3 is 4.74 Å². The van der Waals surface area contributed by atoms with Crippen LogP contribution in [-0.2, 0) is 9.53 Å². The van der Waals surface area contributed by atoms with E-state index >= 15 is 0 Å². The van der Waals surface area contributed by atoms with Crippen molar-refractivity contribution >= 4 is 5.97 Å². The summed E-state index contributed by atoms with van der Waals surface area (Å²) in [6, 6.07) is 0. The average molecular weight is 210 g/mol. The van der Waals surface area contributed by atoms with E-state index in [1.54, 1.807) is 13.0 Å². The van der Waals surface area contributed by atoms with E-state index in [0.29, 0.717) is 17.4 Å². The third kappa shape index (κ3) is 3.08. The van der Waals surface area contributed by atoms with Crippen LogP contribution in [0.5, 0.6) is 0 Å². The van der Waals surface area contributed by atoms with Gasteiger partial charge in [-0.25, -0.2) is 4.79 Å². The van der Waals surface area contributed by atoms with Gasteiger partial charge >= 0.3 is 5.97 Å². The summed E-state index contributed by atoms with van der Waals surface area (Å²) >= 11 is 0. The standard InChI is InChI=1S/C13H22O2/c1-5-9(2)13(14)15-12-10(3)7-6-8-11(12)4/h5,10-12H,6-8H2,1-4H3/b9-5+/t10-,11+,12+. The molecule has 0 amide bonds. The summed E-state index contributed by atoms with van der Waals surface area (Å²) in [5.41, 5.74) is 0.708. The highest BCUT2D eigenvalue weighted by Crippen LogP contribution is 2.31. The normalized spacial score (nSPS) is 32.5. The summed E-state index contributed by atoms with van der Waals surface area (Å²) in [5, 5.41) is 0. The number of hydrogen-bond acceptors (Lipinski definition) is 2. The van der Waals surface area contributed by atoms with Gasteiger partial charge in [-0.15, -0.1) is 0 Å². The first-order chi connectivity index (χ1) is 7.06. The monoisotopic (exact) mass is 210 g/mol. The van der Waals surface area contributed by atoms with Crippen molar-refractivity contribution in [3.05, 3.63) is 11.6 Å². The Hall–Kier alpha value is -0.790. The van der Waals surface area contributed by atoms with E-state index in [9.17, 15) is 4.79 Å². The van der Waals surface area contributed by atoms with Crippen molar-refractivity contribution in [2.45, 2.75) is 53.1 Å². The second-order valence-electron chi connectivity index (χ2n) is 4.73. The highest BCUT2D eigenvalue weighted by atomic mass is 16.5. The van der Waals surface area contributed by atoms with Crippen molar-refractivity contribution < 1.29 is 9.53 Å². The average Bonchev–Trinajstić information content (AvgIpc) is 2.22. The first-order valence-corrected chi connectivity index (χ1v) is 5.90. The van der Waals surface area contributed by atoms with E-state index in [-0.39, 0.29) is 12.1 Å². The molecule has 0 N–H and O–H groups in total. The Labute approximate surface area is 92.7 Å². The van der Waals surface area contributed by atoms with Crippen LogP contribution in [0.25, 0.3) is 0 Å². The Morgan fingerprint density at radius 2 is 1.80 bits per heavy atom. The molecule has 1 fully saturated rings. The van der Waals surface area contributed by atoms with E-state index in [2.05, 4.69) is 13.8 Å². The van der Waals surface area contributed by atoms with E-state index in [1.165, 1.54) is 19.3 Å². The van der Waals surface area contributed by atoms with Crippen LogP contribution in [0.3, 0.4) is 0 Å². The van der Waals surface area contributed by atoms with Crippen LogP contribution < -0.4 is 0 Å². The first kappa shape index (κ1) is 12.3. The molecule has 0 aliphatic heterocycles. The zero-order valence-corrected chi connectivity index (χ0v) is 10.2. The summed E-state index contributed by atoms with van der Waals surface area (Å²) in [6.45, 7) is 8.03. The van der Waals surface area contributed by atoms with Gasteiger partial charge in [0.25, 0.3) is 0 Å². The van der Waals surface area contributed by atoms with Gasteiger partial charge in [0.2, 0.25) is 0 Å². The topological polar surface area (TPSA) is 26.3 Å². The minimum Gasteiger partial charge on any atom is -0.458 e. The molecule has 86 valence electrons. The number of allylic oxidation sites excluding steroid dienone is 1. The van der Waals surface area contributed by atoms with E-state index < -0.39 is 0 Å². The van der Waals surface area contributed by atoms with Crippen LogP contribution >= 0.6 is 0 Å². The van der Waals surface area contributed by atoms with E-state index in [0.717, 1.165) is 0 Å². The van der Waals surface area contributed by atoms with Crippen molar-refractivity contribution in [3.8, 4) is 0 Å². The van der Waals surface area contributed by atoms with Gasteiger partial charge in [-0.05, 0) is 38.5 Å². The fourth-order valence-electron chi connectivity index (χ4n) is 2.22. The summed E-state index contributed by atoms with van der Waals surface area (Å²) in [5.74, 6) is 0.854. The highest BCUT2D eigenvalue weighted by molar-refractivity contribution is 5.87. The molecule has 0 aromatic heterocycles. The van der Waals surface area contributed by atoms with Crippen molar-refractivity contribution in [2.75, 3.05) is 0 Å². The van der Waals surface area contributed by atoms with Crippen LogP contribution in [-0.4, -0.2) is 12.1 Å². The summed E-state index contributed by atoms with van der Waals surface area (Å²) in [7, 11) is 0. The molecule has 0 heterocycles. The molecule has 0 unspecified atom stereocenters. The van der Waals surface area contributed by atoms with Gasteiger partial charge in [0.1, 0.15) is 6.10 Å². The maximum absolute atomic E-state index is 11.6. The molecule has 0 spiro atoms. The van der Waals surface area contributed by atoms with E-state index in [1.807, 2.05) is 6.92 Å². The molecule has 0 saturated heterocycles. The molecular weight excluding hydrogens is 188 g/mol. The summed E-state index contributed by atoms with van der Waals surface area (Å²) in [4.78, 5) is 11.6. The van der Waals surface area contributed by atoms with Crippen LogP contribution in [0.4, 0.5) is 0 Å². The number of carbonyl (C=O) groups is 1. The number of esters is 1. The number of rotatable bonds is 2. The second kappa shape index (κ2) is 5.34. The van der Waals surface area contributed by atoms with Crippen LogP contribution in [0.1, 0.15) is 47.0 Å². The van der Waals surface area contributed by atoms with Crippen molar-refractivity contribution in [1.29, 1.82) is 0 Å². The number of ether oxygens (including phenoxy) is 1. The maximum atomic E-state index is 11.6. The van der Waals surface area contributed by atoms with Crippen molar-refractivity contribution in [3.63, 3.8) is 0 Å². The molecule has 0 radical (unpaired) electrons. The molecule has 0 bridgehead atoms. The largest absolute Gasteiger partial charge is 0.458 e. The minimum atomic E-state index is -0.150. The van der Waals surface area contributed by atoms with Crippen molar-refractivity contribution in [2.24, 2.45) is 11.8 Å². The Morgan fingerprint density at radius 3 is 2.27 bits per heavy atom. The highest BCUT2D eigenvalue weighted by Gasteiger charge is 2.30. The molecule has 1 saturated carbocycles. The zero-order valence-electron chi connectivity index (χ0n) is 10.2. The maximum Gasteiger partial charge on any atom is 0.333 e. The Balaban J connectivity index is 2.59. The number of carbonyl (C=O) groups excluding carboxylic acids is 1. The molecule has 2 heteroatoms. The summed E-state index contributed by atoms with van der Waals surface area (Å²) < 4.78 is 5.56. The molecule has 2 nitrogen and oxygen atoms in total. The predicted molar refractivity (Wildman–Crippen MR) is 61.5 cm³/mol. The van der Waals surface area contributed by atoms with Crippen LogP contribution in [0.15, 0.2) is 11.6 Å². The summed E-state index contributed by atoms with van der Waals surface area (Å²) in [6.07, 6.45) is 5.54. The van der Waals surface area contributed by atoms with Crippen LogP contribution in [0, 0.1) is 11.8 Å². The molecule has 1 aliphatic carbocycles. The predicted octanol–water partition coefficient (Wildman–Crippen LogP) is 3.32. The van der Waals surface area contributed by atoms with Crippen molar-refractivity contribution in [1.82, 2.24) is 0 Å². The lowest BCUT2D eigenvalue weighted by molar-refractivity contribution is -0.151. The number of hydrogen-bond donors (Lipinski definition) is 0. The fraction of sp³-hybridized carbons (Fsp3) is 0.769. The quantitative estimate of drug-likeness (QED) is 0.516. The Kier molecular flexibility index (Phi) is 4.37. The fourth-order valence-corrected chi connectivity index (χ4v) is 2.22. The molecule has 3 atom stereocenters. The molecule has 1 rings (SSSR count). The third-order valence-corrected chi connectivity index (χ3v) is 3.44. The molecular formula is C13H22O2. The smallest absolute Gasteiger partial charge is 0.333 e. The van der Waals surface area contributed by atoms with Gasteiger partial charge in [-0.3, -0.25) is 0 Å². The minimum absolute atomic E-state index is 0.112. The lowest BCUT2D eigenvalue weighted by Crippen LogP contribution is -2.34. The Morgan fingerprint density at radius 1 is 1.27 bits per heavy atom.